The molecule has 1 aromatic carbocycles. The maximum atomic E-state index is 14.3. The molecule has 3 rings (SSSR count). The average molecular weight is 404 g/mol. The maximum absolute atomic E-state index is 14.3. The van der Waals surface area contributed by atoms with Gasteiger partial charge in [-0.15, -0.1) is 0 Å². The van der Waals surface area contributed by atoms with Crippen LogP contribution in [0.4, 0.5) is 4.39 Å². The molecule has 2 atom stereocenters. The maximum Gasteiger partial charge on any atom is 0.209 e. The minimum atomic E-state index is -3.36. The van der Waals surface area contributed by atoms with E-state index in [1.54, 1.807) is 12.3 Å². The molecule has 142 valence electrons. The van der Waals surface area contributed by atoms with E-state index in [1.807, 2.05) is 0 Å². The highest BCUT2D eigenvalue weighted by molar-refractivity contribution is 7.88. The molecule has 1 N–H and O–H groups in total. The zero-order valence-corrected chi connectivity index (χ0v) is 15.6. The van der Waals surface area contributed by atoms with Gasteiger partial charge in [0.1, 0.15) is 0 Å². The van der Waals surface area contributed by atoms with Crippen LogP contribution in [-0.2, 0) is 14.8 Å². The zero-order valence-electron chi connectivity index (χ0n) is 14.1. The van der Waals surface area contributed by atoms with Gasteiger partial charge in [-0.3, -0.25) is 0 Å². The molecule has 0 bridgehead atoms. The third-order valence-corrected chi connectivity index (χ3v) is 4.97. The molecule has 1 aliphatic heterocycles. The van der Waals surface area contributed by atoms with Crippen LogP contribution >= 0.6 is 11.6 Å². The number of nitrogens with one attached hydrogen (secondary N) is 1. The average Bonchev–Trinajstić information content (AvgIpc) is 3.00. The number of benzene rings is 1. The molecule has 0 amide bonds. The topological polar surface area (TPSA) is 82.5 Å². The second-order valence-electron chi connectivity index (χ2n) is 6.15. The Hall–Kier alpha value is -1.68. The summed E-state index contributed by atoms with van der Waals surface area (Å²) < 4.78 is 52.2. The summed E-state index contributed by atoms with van der Waals surface area (Å²) in [6.07, 6.45) is 4.75. The van der Waals surface area contributed by atoms with Gasteiger partial charge < -0.3 is 9.47 Å². The van der Waals surface area contributed by atoms with Crippen LogP contribution in [0.25, 0.3) is 5.69 Å². The van der Waals surface area contributed by atoms with Crippen LogP contribution in [0.2, 0.25) is 5.02 Å². The monoisotopic (exact) mass is 403 g/mol. The molecule has 0 aliphatic carbocycles. The summed E-state index contributed by atoms with van der Waals surface area (Å²) in [5.74, 6) is -0.548. The quantitative estimate of drug-likeness (QED) is 0.797. The molecule has 1 aromatic heterocycles. The second kappa shape index (κ2) is 7.91. The van der Waals surface area contributed by atoms with Crippen molar-refractivity contribution < 1.29 is 22.3 Å². The molecule has 26 heavy (non-hydrogen) atoms. The lowest BCUT2D eigenvalue weighted by atomic mass is 9.97. The van der Waals surface area contributed by atoms with E-state index >= 15 is 0 Å². The van der Waals surface area contributed by atoms with Gasteiger partial charge in [0.15, 0.2) is 11.6 Å². The fourth-order valence-electron chi connectivity index (χ4n) is 2.78. The van der Waals surface area contributed by atoms with Crippen molar-refractivity contribution in [1.82, 2.24) is 14.5 Å². The highest BCUT2D eigenvalue weighted by Crippen LogP contribution is 2.24. The van der Waals surface area contributed by atoms with Crippen LogP contribution in [-0.4, -0.2) is 50.3 Å². The first kappa shape index (κ1) is 19.1. The van der Waals surface area contributed by atoms with E-state index in [2.05, 4.69) is 9.82 Å². The fourth-order valence-corrected chi connectivity index (χ4v) is 3.72. The normalized spacial score (nSPS) is 20.9. The molecule has 10 heteroatoms. The number of rotatable bonds is 6. The van der Waals surface area contributed by atoms with Crippen molar-refractivity contribution in [3.05, 3.63) is 41.4 Å². The van der Waals surface area contributed by atoms with Crippen LogP contribution in [0, 0.1) is 11.7 Å². The van der Waals surface area contributed by atoms with Crippen molar-refractivity contribution in [3.63, 3.8) is 0 Å². The number of nitrogens with zero attached hydrogens (tertiary/aromatic N) is 2. The highest BCUT2D eigenvalue weighted by atomic mass is 35.5. The molecule has 1 fully saturated rings. The first-order valence-corrected chi connectivity index (χ1v) is 10.3. The molecule has 0 spiro atoms. The van der Waals surface area contributed by atoms with Crippen LogP contribution < -0.4 is 9.46 Å². The van der Waals surface area contributed by atoms with Crippen LogP contribution in [0.3, 0.4) is 0 Å². The van der Waals surface area contributed by atoms with Gasteiger partial charge in [-0.05, 0) is 18.6 Å². The third-order valence-electron chi connectivity index (χ3n) is 4.05. The van der Waals surface area contributed by atoms with Gasteiger partial charge in [-0.2, -0.15) is 5.10 Å². The van der Waals surface area contributed by atoms with E-state index in [9.17, 15) is 12.8 Å². The van der Waals surface area contributed by atoms with Gasteiger partial charge in [0.2, 0.25) is 10.0 Å². The smallest absolute Gasteiger partial charge is 0.209 e. The Kier molecular flexibility index (Phi) is 5.81. The van der Waals surface area contributed by atoms with Crippen LogP contribution in [0.5, 0.6) is 5.75 Å². The van der Waals surface area contributed by atoms with E-state index in [0.29, 0.717) is 23.7 Å². The van der Waals surface area contributed by atoms with Crippen molar-refractivity contribution >= 4 is 21.6 Å². The minimum Gasteiger partial charge on any atom is -0.490 e. The number of halogens is 2. The Bertz CT molecular complexity index is 874. The Morgan fingerprint density at radius 3 is 2.96 bits per heavy atom. The number of hydrogen-bond acceptors (Lipinski definition) is 5. The third kappa shape index (κ3) is 4.94. The summed E-state index contributed by atoms with van der Waals surface area (Å²) >= 11 is 5.82. The summed E-state index contributed by atoms with van der Waals surface area (Å²) in [4.78, 5) is 0. The van der Waals surface area contributed by atoms with Gasteiger partial charge in [-0.1, -0.05) is 11.6 Å². The van der Waals surface area contributed by atoms with Gasteiger partial charge in [0.05, 0.1) is 42.4 Å². The molecule has 2 heterocycles. The summed E-state index contributed by atoms with van der Waals surface area (Å²) in [6, 6.07) is 4.08. The molecular weight excluding hydrogens is 385 g/mol. The van der Waals surface area contributed by atoms with Crippen molar-refractivity contribution in [1.29, 1.82) is 0 Å². The lowest BCUT2D eigenvalue weighted by molar-refractivity contribution is 0.0270. The van der Waals surface area contributed by atoms with Crippen LogP contribution in [0.15, 0.2) is 30.6 Å². The fraction of sp³-hybridized carbons (Fsp3) is 0.438. The largest absolute Gasteiger partial charge is 0.490 e. The van der Waals surface area contributed by atoms with E-state index in [1.165, 1.54) is 23.0 Å². The predicted octanol–water partition coefficient (Wildman–Crippen LogP) is 2.00. The minimum absolute atomic E-state index is 0.0941. The van der Waals surface area contributed by atoms with Crippen molar-refractivity contribution in [3.8, 4) is 11.4 Å². The lowest BCUT2D eigenvalue weighted by Gasteiger charge is -2.31. The Labute approximate surface area is 156 Å². The zero-order chi connectivity index (χ0) is 18.7. The van der Waals surface area contributed by atoms with Gasteiger partial charge in [0, 0.05) is 24.8 Å². The van der Waals surface area contributed by atoms with Crippen molar-refractivity contribution in [2.24, 2.45) is 5.92 Å². The molecule has 7 nitrogen and oxygen atoms in total. The van der Waals surface area contributed by atoms with Gasteiger partial charge >= 0.3 is 0 Å². The summed E-state index contributed by atoms with van der Waals surface area (Å²) in [5.41, 5.74) is 0.518. The number of sulfonamides is 1. The molecule has 2 unspecified atom stereocenters. The molecule has 0 saturated carbocycles. The van der Waals surface area contributed by atoms with E-state index < -0.39 is 21.9 Å². The Morgan fingerprint density at radius 2 is 2.31 bits per heavy atom. The molecule has 0 radical (unpaired) electrons. The Morgan fingerprint density at radius 1 is 1.50 bits per heavy atom. The van der Waals surface area contributed by atoms with Gasteiger partial charge in [-0.25, -0.2) is 22.2 Å². The predicted molar refractivity (Wildman–Crippen MR) is 94.7 cm³/mol. The van der Waals surface area contributed by atoms with Gasteiger partial charge in [0.25, 0.3) is 0 Å². The highest BCUT2D eigenvalue weighted by Gasteiger charge is 2.29. The van der Waals surface area contributed by atoms with E-state index in [-0.39, 0.29) is 24.9 Å². The summed E-state index contributed by atoms with van der Waals surface area (Å²) in [6.45, 7) is 0.959. The molecule has 1 aliphatic rings. The molecular formula is C16H19ClFN3O4S. The molecule has 1 saturated heterocycles. The summed E-state index contributed by atoms with van der Waals surface area (Å²) in [5, 5.41) is 4.47. The van der Waals surface area contributed by atoms with Crippen molar-refractivity contribution in [2.75, 3.05) is 26.1 Å². The van der Waals surface area contributed by atoms with Crippen LogP contribution in [0.1, 0.15) is 6.42 Å². The first-order valence-electron chi connectivity index (χ1n) is 8.00. The number of ether oxygens (including phenoxy) is 2. The van der Waals surface area contributed by atoms with E-state index in [4.69, 9.17) is 21.1 Å². The SMILES string of the molecule is CS(=O)(=O)NC1COCCC1COc1ccc(-n2cc(Cl)cn2)cc1F. The first-order chi connectivity index (χ1) is 12.3. The summed E-state index contributed by atoms with van der Waals surface area (Å²) in [7, 11) is -3.36. The van der Waals surface area contributed by atoms with E-state index in [0.717, 1.165) is 6.26 Å². The number of hydrogen-bond donors (Lipinski definition) is 1. The second-order valence-corrected chi connectivity index (χ2v) is 8.37. The Balaban J connectivity index is 1.66. The molecule has 2 aromatic rings. The lowest BCUT2D eigenvalue weighted by Crippen LogP contribution is -2.48. The van der Waals surface area contributed by atoms with Crippen molar-refractivity contribution in [2.45, 2.75) is 12.5 Å². The number of aromatic nitrogens is 2. The standard InChI is InChI=1S/C16H19ClFN3O4S/c1-26(22,23)20-15-10-24-5-4-11(15)9-25-16-3-2-13(6-14(16)18)21-8-12(17)7-19-21/h2-3,6-8,11,15,20H,4-5,9-10H2,1H3.